The molecule has 1 heterocycles. The van der Waals surface area contributed by atoms with Crippen LogP contribution in [0.15, 0.2) is 36.7 Å². The molecule has 5 heteroatoms. The smallest absolute Gasteiger partial charge is 0.333 e. The van der Waals surface area contributed by atoms with Gasteiger partial charge in [0.1, 0.15) is 6.54 Å². The van der Waals surface area contributed by atoms with Gasteiger partial charge in [0.2, 0.25) is 0 Å². The number of hydrogen-bond donors (Lipinski definition) is 0. The first-order valence-corrected chi connectivity index (χ1v) is 12.5. The Hall–Kier alpha value is -1.36. The van der Waals surface area contributed by atoms with Crippen molar-refractivity contribution in [3.05, 3.63) is 36.7 Å². The molecule has 0 unspecified atom stereocenters. The fourth-order valence-corrected chi connectivity index (χ4v) is 3.70. The molecule has 1 rings (SSSR count). The molecule has 0 radical (unpaired) electrons. The molecule has 0 amide bonds. The first-order chi connectivity index (χ1) is 15.0. The van der Waals surface area contributed by atoms with Crippen LogP contribution in [0.3, 0.4) is 0 Å². The Morgan fingerprint density at radius 3 is 1.62 bits per heavy atom. The van der Waals surface area contributed by atoms with Gasteiger partial charge in [-0.3, -0.25) is 0 Å². The number of aryl methyl sites for hydroxylation is 1. The van der Waals surface area contributed by atoms with Gasteiger partial charge in [-0.1, -0.05) is 77.2 Å². The molecule has 184 valence electrons. The summed E-state index contributed by atoms with van der Waals surface area (Å²) in [6.07, 6.45) is 22.7. The summed E-state index contributed by atoms with van der Waals surface area (Å²) in [5.74, 6) is -0.259. The molecular formula is C27H47BrN2O2. The van der Waals surface area contributed by atoms with E-state index >= 15 is 0 Å². The van der Waals surface area contributed by atoms with E-state index in [1.54, 1.807) is 6.92 Å². The number of pyridine rings is 1. The summed E-state index contributed by atoms with van der Waals surface area (Å²) in [6.45, 7) is 6.95. The lowest BCUT2D eigenvalue weighted by molar-refractivity contribution is -0.697. The van der Waals surface area contributed by atoms with Gasteiger partial charge in [0.05, 0.1) is 6.61 Å². The molecule has 1 aromatic heterocycles. The zero-order valence-corrected chi connectivity index (χ0v) is 22.5. The number of carbonyl (C=O) groups is 1. The summed E-state index contributed by atoms with van der Waals surface area (Å²) >= 11 is 0. The number of nitrogens with zero attached hydrogens (tertiary/aromatic N) is 2. The lowest BCUT2D eigenvalue weighted by Crippen LogP contribution is -3.00. The molecular weight excluding hydrogens is 464 g/mol. The van der Waals surface area contributed by atoms with Gasteiger partial charge < -0.3 is 26.6 Å². The van der Waals surface area contributed by atoms with Gasteiger partial charge >= 0.3 is 5.97 Å². The van der Waals surface area contributed by atoms with E-state index in [2.05, 4.69) is 54.7 Å². The van der Waals surface area contributed by atoms with E-state index < -0.39 is 0 Å². The van der Waals surface area contributed by atoms with Crippen LogP contribution in [0.5, 0.6) is 0 Å². The van der Waals surface area contributed by atoms with Crippen molar-refractivity contribution < 1.29 is 31.1 Å². The minimum atomic E-state index is -0.259. The maximum Gasteiger partial charge on any atom is 0.333 e. The van der Waals surface area contributed by atoms with Gasteiger partial charge in [0.25, 0.3) is 0 Å². The van der Waals surface area contributed by atoms with Gasteiger partial charge in [-0.25, -0.2) is 9.36 Å². The fourth-order valence-electron chi connectivity index (χ4n) is 3.70. The molecule has 0 N–H and O–H groups in total. The number of rotatable bonds is 19. The molecule has 0 aliphatic rings. The fraction of sp³-hybridized carbons (Fsp3) is 0.704. The van der Waals surface area contributed by atoms with Crippen molar-refractivity contribution in [1.82, 2.24) is 0 Å². The normalized spacial score (nSPS) is 10.5. The maximum absolute atomic E-state index is 11.2. The van der Waals surface area contributed by atoms with Gasteiger partial charge in [0.15, 0.2) is 12.4 Å². The third kappa shape index (κ3) is 16.3. The molecule has 0 aliphatic heterocycles. The highest BCUT2D eigenvalue weighted by atomic mass is 79.9. The molecule has 0 aromatic carbocycles. The Bertz CT molecular complexity index is 602. The zero-order chi connectivity index (χ0) is 22.7. The minimum absolute atomic E-state index is 0. The second-order valence-corrected chi connectivity index (χ2v) is 9.05. The van der Waals surface area contributed by atoms with Crippen molar-refractivity contribution in [1.29, 1.82) is 0 Å². The molecule has 0 atom stereocenters. The first-order valence-electron chi connectivity index (χ1n) is 12.5. The van der Waals surface area contributed by atoms with E-state index in [1.165, 1.54) is 82.7 Å². The van der Waals surface area contributed by atoms with E-state index in [-0.39, 0.29) is 23.0 Å². The zero-order valence-electron chi connectivity index (χ0n) is 20.9. The molecule has 0 saturated heterocycles. The summed E-state index contributed by atoms with van der Waals surface area (Å²) in [5, 5.41) is 0. The molecule has 0 saturated carbocycles. The van der Waals surface area contributed by atoms with E-state index in [0.717, 1.165) is 19.4 Å². The number of ether oxygens (including phenoxy) is 1. The highest BCUT2D eigenvalue weighted by molar-refractivity contribution is 5.86. The third-order valence-electron chi connectivity index (χ3n) is 5.78. The lowest BCUT2D eigenvalue weighted by atomic mass is 10.0. The average molecular weight is 512 g/mol. The summed E-state index contributed by atoms with van der Waals surface area (Å²) < 4.78 is 7.40. The van der Waals surface area contributed by atoms with Crippen molar-refractivity contribution in [2.45, 2.75) is 103 Å². The molecule has 1 aromatic rings. The van der Waals surface area contributed by atoms with Crippen LogP contribution in [0.1, 0.15) is 96.8 Å². The molecule has 0 fully saturated rings. The predicted molar refractivity (Wildman–Crippen MR) is 131 cm³/mol. The van der Waals surface area contributed by atoms with E-state index in [1.807, 2.05) is 0 Å². The summed E-state index contributed by atoms with van der Waals surface area (Å²) in [5.41, 5.74) is 1.75. The van der Waals surface area contributed by atoms with Crippen LogP contribution in [-0.2, 0) is 16.1 Å². The molecule has 32 heavy (non-hydrogen) atoms. The van der Waals surface area contributed by atoms with Crippen molar-refractivity contribution in [3.63, 3.8) is 0 Å². The Kier molecular flexibility index (Phi) is 19.4. The van der Waals surface area contributed by atoms with Gasteiger partial charge in [-0.15, -0.1) is 0 Å². The highest BCUT2D eigenvalue weighted by Gasteiger charge is 2.03. The Morgan fingerprint density at radius 1 is 0.812 bits per heavy atom. The van der Waals surface area contributed by atoms with Crippen LogP contribution in [0.25, 0.3) is 0 Å². The monoisotopic (exact) mass is 510 g/mol. The van der Waals surface area contributed by atoms with Gasteiger partial charge in [0, 0.05) is 43.9 Å². The maximum atomic E-state index is 11.2. The van der Waals surface area contributed by atoms with Crippen LogP contribution in [-0.4, -0.2) is 26.7 Å². The standard InChI is InChI=1S/C27H47N2O2.BrH/c1-25(2)27(30)31-24-18-16-14-12-10-8-6-5-7-9-11-13-15-17-21-29-22-19-26(20-23-29)28(3)4;/h19-20,22-23H,1,5-18,21,24H2,2-4H3;1H/q+1;/p-1. The summed E-state index contributed by atoms with van der Waals surface area (Å²) in [6, 6.07) is 4.37. The Labute approximate surface area is 208 Å². The number of halogens is 1. The number of aromatic nitrogens is 1. The summed E-state index contributed by atoms with van der Waals surface area (Å²) in [7, 11) is 4.16. The number of hydrogen-bond acceptors (Lipinski definition) is 3. The van der Waals surface area contributed by atoms with Crippen LogP contribution in [0.2, 0.25) is 0 Å². The van der Waals surface area contributed by atoms with Crippen LogP contribution >= 0.6 is 0 Å². The van der Waals surface area contributed by atoms with E-state index in [4.69, 9.17) is 4.74 Å². The minimum Gasteiger partial charge on any atom is -1.00 e. The van der Waals surface area contributed by atoms with Crippen molar-refractivity contribution >= 4 is 11.7 Å². The summed E-state index contributed by atoms with van der Waals surface area (Å²) in [4.78, 5) is 13.4. The quantitative estimate of drug-likeness (QED) is 0.123. The topological polar surface area (TPSA) is 33.4 Å². The highest BCUT2D eigenvalue weighted by Crippen LogP contribution is 2.13. The van der Waals surface area contributed by atoms with Crippen LogP contribution in [0, 0.1) is 0 Å². The Morgan fingerprint density at radius 2 is 1.22 bits per heavy atom. The van der Waals surface area contributed by atoms with Crippen molar-refractivity contribution in [2.75, 3.05) is 25.6 Å². The van der Waals surface area contributed by atoms with Crippen LogP contribution in [0.4, 0.5) is 5.69 Å². The van der Waals surface area contributed by atoms with E-state index in [0.29, 0.717) is 12.2 Å². The average Bonchev–Trinajstić information content (AvgIpc) is 2.75. The molecule has 0 aliphatic carbocycles. The Balaban J connectivity index is 0.00000961. The number of anilines is 1. The van der Waals surface area contributed by atoms with Crippen molar-refractivity contribution in [3.8, 4) is 0 Å². The van der Waals surface area contributed by atoms with Crippen molar-refractivity contribution in [2.24, 2.45) is 0 Å². The molecule has 4 nitrogen and oxygen atoms in total. The number of esters is 1. The predicted octanol–water partition coefficient (Wildman–Crippen LogP) is 3.62. The van der Waals surface area contributed by atoms with Crippen LogP contribution < -0.4 is 26.4 Å². The SMILES string of the molecule is C=C(C)C(=O)OCCCCCCCCCCCCCCCC[n+]1ccc(N(C)C)cc1.[Br-]. The van der Waals surface area contributed by atoms with Gasteiger partial charge in [-0.2, -0.15) is 0 Å². The number of unbranched alkanes of at least 4 members (excludes halogenated alkanes) is 13. The molecule has 0 spiro atoms. The van der Waals surface area contributed by atoms with E-state index in [9.17, 15) is 4.79 Å². The lowest BCUT2D eigenvalue weighted by Gasteiger charge is -2.10. The van der Waals surface area contributed by atoms with Gasteiger partial charge in [-0.05, 0) is 19.8 Å². The molecule has 0 bridgehead atoms. The first kappa shape index (κ1) is 30.6. The number of carbonyl (C=O) groups excluding carboxylic acids is 1. The second-order valence-electron chi connectivity index (χ2n) is 9.05. The third-order valence-corrected chi connectivity index (χ3v) is 5.78. The second kappa shape index (κ2) is 20.3. The largest absolute Gasteiger partial charge is 1.00 e.